The number of sulfonamides is 1. The van der Waals surface area contributed by atoms with Crippen LogP contribution in [0.15, 0.2) is 47.6 Å². The first-order valence-electron chi connectivity index (χ1n) is 9.70. The van der Waals surface area contributed by atoms with E-state index in [0.29, 0.717) is 23.7 Å². The summed E-state index contributed by atoms with van der Waals surface area (Å²) < 4.78 is 46.6. The Morgan fingerprint density at radius 3 is 2.72 bits per heavy atom. The van der Waals surface area contributed by atoms with E-state index in [0.717, 1.165) is 18.6 Å². The van der Waals surface area contributed by atoms with E-state index < -0.39 is 26.9 Å². The maximum atomic E-state index is 13.2. The third kappa shape index (κ3) is 5.05. The van der Waals surface area contributed by atoms with Crippen LogP contribution in [0.3, 0.4) is 0 Å². The second-order valence-corrected chi connectivity index (χ2v) is 9.74. The van der Waals surface area contributed by atoms with Gasteiger partial charge >= 0.3 is 0 Å². The number of carbonyl (C=O) groups excluding carboxylic acids is 1. The van der Waals surface area contributed by atoms with Crippen LogP contribution in [0.25, 0.3) is 5.82 Å². The summed E-state index contributed by atoms with van der Waals surface area (Å²) in [6.07, 6.45) is 5.02. The van der Waals surface area contributed by atoms with Gasteiger partial charge in [0, 0.05) is 12.3 Å². The molecule has 1 saturated carbocycles. The van der Waals surface area contributed by atoms with E-state index in [1.54, 1.807) is 17.0 Å². The summed E-state index contributed by atoms with van der Waals surface area (Å²) in [5, 5.41) is 3.41. The van der Waals surface area contributed by atoms with Crippen molar-refractivity contribution in [3.8, 4) is 11.7 Å². The Bertz CT molecular complexity index is 1280. The minimum Gasteiger partial charge on any atom is -0.477 e. The summed E-state index contributed by atoms with van der Waals surface area (Å²) in [5.74, 6) is -1.28. The Morgan fingerprint density at radius 1 is 1.25 bits per heavy atom. The normalized spacial score (nSPS) is 14.7. The topological polar surface area (TPSA) is 116 Å². The molecule has 0 unspecified atom stereocenters. The highest BCUT2D eigenvalue weighted by Gasteiger charge is 2.36. The van der Waals surface area contributed by atoms with Crippen LogP contribution < -0.4 is 9.46 Å². The highest BCUT2D eigenvalue weighted by molar-refractivity contribution is 7.90. The second kappa shape index (κ2) is 8.47. The van der Waals surface area contributed by atoms with Gasteiger partial charge < -0.3 is 4.74 Å². The Hall–Kier alpha value is -3.05. The van der Waals surface area contributed by atoms with Gasteiger partial charge in [0.15, 0.2) is 10.8 Å². The van der Waals surface area contributed by atoms with Gasteiger partial charge in [-0.2, -0.15) is 12.8 Å². The zero-order chi connectivity index (χ0) is 22.9. The first-order chi connectivity index (χ1) is 15.2. The molecular weight excluding hydrogens is 461 g/mol. The number of aromatic nitrogens is 4. The molecule has 168 valence electrons. The molecule has 12 heteroatoms. The Kier molecular flexibility index (Phi) is 5.87. The van der Waals surface area contributed by atoms with Crippen LogP contribution >= 0.6 is 11.6 Å². The van der Waals surface area contributed by atoms with E-state index in [1.165, 1.54) is 35.7 Å². The van der Waals surface area contributed by atoms with Crippen molar-refractivity contribution in [2.24, 2.45) is 5.41 Å². The van der Waals surface area contributed by atoms with Crippen molar-refractivity contribution in [3.63, 3.8) is 0 Å². The maximum Gasteiger partial charge on any atom is 0.281 e. The minimum absolute atomic E-state index is 0.184. The summed E-state index contributed by atoms with van der Waals surface area (Å²) in [6.45, 7) is 2.79. The molecule has 3 aromatic rings. The number of hydrogen-bond donors (Lipinski definition) is 1. The van der Waals surface area contributed by atoms with Gasteiger partial charge in [0.1, 0.15) is 5.15 Å². The lowest BCUT2D eigenvalue weighted by Gasteiger charge is -2.09. The molecule has 1 N–H and O–H groups in total. The van der Waals surface area contributed by atoms with Gasteiger partial charge in [-0.3, -0.25) is 4.79 Å². The van der Waals surface area contributed by atoms with Crippen molar-refractivity contribution in [2.45, 2.75) is 31.2 Å². The monoisotopic (exact) mass is 479 g/mol. The van der Waals surface area contributed by atoms with E-state index >= 15 is 0 Å². The van der Waals surface area contributed by atoms with Crippen LogP contribution in [0.1, 0.15) is 36.5 Å². The van der Waals surface area contributed by atoms with Crippen LogP contribution in [0.4, 0.5) is 4.39 Å². The van der Waals surface area contributed by atoms with Gasteiger partial charge in [0.25, 0.3) is 15.9 Å². The molecule has 1 aliphatic rings. The van der Waals surface area contributed by atoms with Crippen molar-refractivity contribution in [3.05, 3.63) is 59.3 Å². The van der Waals surface area contributed by atoms with E-state index in [9.17, 15) is 17.6 Å². The molecule has 0 aliphatic heterocycles. The molecule has 0 spiro atoms. The number of nitrogens with zero attached hydrogens (tertiary/aromatic N) is 4. The lowest BCUT2D eigenvalue weighted by atomic mass is 10.1. The second-order valence-electron chi connectivity index (χ2n) is 7.75. The predicted octanol–water partition coefficient (Wildman–Crippen LogP) is 3.14. The highest BCUT2D eigenvalue weighted by Crippen LogP contribution is 2.47. The smallest absolute Gasteiger partial charge is 0.281 e. The van der Waals surface area contributed by atoms with Crippen LogP contribution in [-0.4, -0.2) is 40.7 Å². The molecule has 1 aliphatic carbocycles. The molecule has 0 bridgehead atoms. The van der Waals surface area contributed by atoms with Crippen LogP contribution in [0, 0.1) is 11.4 Å². The molecular formula is C20H19ClFN5O4S. The number of carbonyl (C=O) groups is 1. The van der Waals surface area contributed by atoms with Crippen LogP contribution in [-0.2, 0) is 10.0 Å². The molecule has 0 radical (unpaired) electrons. The minimum atomic E-state index is -4.39. The third-order valence-corrected chi connectivity index (χ3v) is 6.65. The number of nitrogens with one attached hydrogen (secondary N) is 1. The van der Waals surface area contributed by atoms with E-state index in [1.807, 2.05) is 0 Å². The Balaban J connectivity index is 1.44. The van der Waals surface area contributed by atoms with Crippen molar-refractivity contribution in [1.29, 1.82) is 0 Å². The van der Waals surface area contributed by atoms with Crippen molar-refractivity contribution in [2.75, 3.05) is 6.61 Å². The molecule has 32 heavy (non-hydrogen) atoms. The van der Waals surface area contributed by atoms with E-state index in [4.69, 9.17) is 16.3 Å². The fourth-order valence-corrected chi connectivity index (χ4v) is 4.03. The summed E-state index contributed by atoms with van der Waals surface area (Å²) in [5.41, 5.74) is 0.198. The van der Waals surface area contributed by atoms with Gasteiger partial charge in [0.05, 0.1) is 12.2 Å². The Labute approximate surface area is 188 Å². The predicted molar refractivity (Wildman–Crippen MR) is 113 cm³/mol. The average molecular weight is 480 g/mol. The average Bonchev–Trinajstić information content (AvgIpc) is 3.28. The van der Waals surface area contributed by atoms with Crippen molar-refractivity contribution < 1.29 is 22.3 Å². The highest BCUT2D eigenvalue weighted by atomic mass is 35.5. The summed E-state index contributed by atoms with van der Waals surface area (Å²) in [4.78, 5) is 19.8. The van der Waals surface area contributed by atoms with Gasteiger partial charge in [-0.05, 0) is 48.9 Å². The first kappa shape index (κ1) is 22.2. The lowest BCUT2D eigenvalue weighted by molar-refractivity contribution is 0.0981. The number of hydrogen-bond acceptors (Lipinski definition) is 7. The Morgan fingerprint density at radius 2 is 2.03 bits per heavy atom. The SMILES string of the molecule is CC1(CCOc2ccn(-c3ccc(C(=O)NS(=O)(=O)c4cccc(F)n4)c(Cl)n3)n2)CC1. The largest absolute Gasteiger partial charge is 0.477 e. The number of pyridine rings is 2. The molecule has 3 heterocycles. The zero-order valence-corrected chi connectivity index (χ0v) is 18.5. The molecule has 0 atom stereocenters. The van der Waals surface area contributed by atoms with E-state index in [2.05, 4.69) is 22.0 Å². The fraction of sp³-hybridized carbons (Fsp3) is 0.300. The van der Waals surface area contributed by atoms with Crippen LogP contribution in [0.5, 0.6) is 5.88 Å². The van der Waals surface area contributed by atoms with Gasteiger partial charge in [-0.1, -0.05) is 24.6 Å². The molecule has 9 nitrogen and oxygen atoms in total. The molecule has 0 saturated heterocycles. The fourth-order valence-electron chi connectivity index (χ4n) is 2.87. The standard InChI is InChI=1S/C20H19ClFN5O4S/c1-20(8-9-20)10-12-31-16-7-11-27(25-16)15-6-5-13(18(21)24-15)19(28)26-32(29,30)17-4-2-3-14(22)23-17/h2-7,11H,8-10,12H2,1H3,(H,26,28). The third-order valence-electron chi connectivity index (χ3n) is 5.13. The number of rotatable bonds is 8. The summed E-state index contributed by atoms with van der Waals surface area (Å²) in [6, 6.07) is 7.66. The summed E-state index contributed by atoms with van der Waals surface area (Å²) in [7, 11) is -4.39. The molecule has 3 aromatic heterocycles. The molecule has 1 amide bonds. The van der Waals surface area contributed by atoms with Crippen molar-refractivity contribution >= 4 is 27.5 Å². The summed E-state index contributed by atoms with van der Waals surface area (Å²) >= 11 is 6.11. The molecule has 4 rings (SSSR count). The van der Waals surface area contributed by atoms with E-state index in [-0.39, 0.29) is 10.7 Å². The molecule has 1 fully saturated rings. The van der Waals surface area contributed by atoms with Crippen molar-refractivity contribution in [1.82, 2.24) is 24.5 Å². The molecule has 0 aromatic carbocycles. The van der Waals surface area contributed by atoms with Gasteiger partial charge in [0.2, 0.25) is 11.8 Å². The number of amides is 1. The first-order valence-corrected chi connectivity index (χ1v) is 11.6. The van der Waals surface area contributed by atoms with Gasteiger partial charge in [-0.15, -0.1) is 5.10 Å². The lowest BCUT2D eigenvalue weighted by Crippen LogP contribution is -2.31. The maximum absolute atomic E-state index is 13.2. The number of ether oxygens (including phenoxy) is 1. The van der Waals surface area contributed by atoms with Gasteiger partial charge in [-0.25, -0.2) is 19.4 Å². The zero-order valence-electron chi connectivity index (χ0n) is 17.0. The number of halogens is 2. The van der Waals surface area contributed by atoms with Crippen LogP contribution in [0.2, 0.25) is 5.15 Å². The quantitative estimate of drug-likeness (QED) is 0.493.